The van der Waals surface area contributed by atoms with Crippen molar-refractivity contribution >= 4 is 38.8 Å². The van der Waals surface area contributed by atoms with Crippen LogP contribution in [0.5, 0.6) is 0 Å². The molecule has 4 N–H and O–H groups in total. The van der Waals surface area contributed by atoms with E-state index in [-0.39, 0.29) is 5.56 Å². The summed E-state index contributed by atoms with van der Waals surface area (Å²) in [7, 11) is 0. The highest BCUT2D eigenvalue weighted by molar-refractivity contribution is 9.10. The minimum atomic E-state index is -0.812. The molecule has 1 heterocycles. The molecular formula is C16H11BrN4O4. The van der Waals surface area contributed by atoms with Gasteiger partial charge in [0.2, 0.25) is 0 Å². The second-order valence-electron chi connectivity index (χ2n) is 5.09. The third-order valence-electron chi connectivity index (χ3n) is 3.36. The second-order valence-corrected chi connectivity index (χ2v) is 6.00. The molecule has 0 fully saturated rings. The summed E-state index contributed by atoms with van der Waals surface area (Å²) in [6, 6.07) is 11.0. The highest BCUT2D eigenvalue weighted by Gasteiger charge is 2.10. The Morgan fingerprint density at radius 2 is 1.40 bits per heavy atom. The largest absolute Gasteiger partial charge is 0.316 e. The molecule has 0 bridgehead atoms. The maximum Gasteiger partial charge on any atom is 0.314 e. The van der Waals surface area contributed by atoms with Gasteiger partial charge in [0.25, 0.3) is 11.8 Å². The average Bonchev–Trinajstić information content (AvgIpc) is 2.60. The van der Waals surface area contributed by atoms with Crippen molar-refractivity contribution in [2.75, 3.05) is 0 Å². The number of hydrogen-bond donors (Lipinski definition) is 4. The molecule has 2 aromatic carbocycles. The molecule has 126 valence electrons. The van der Waals surface area contributed by atoms with Crippen LogP contribution >= 0.6 is 15.9 Å². The summed E-state index contributed by atoms with van der Waals surface area (Å²) in [6.07, 6.45) is 0. The van der Waals surface area contributed by atoms with Gasteiger partial charge in [-0.25, -0.2) is 0 Å². The van der Waals surface area contributed by atoms with E-state index in [1.165, 1.54) is 18.2 Å². The third kappa shape index (κ3) is 3.66. The minimum Gasteiger partial charge on any atom is -0.316 e. The first-order chi connectivity index (χ1) is 11.9. The Morgan fingerprint density at radius 3 is 2.04 bits per heavy atom. The summed E-state index contributed by atoms with van der Waals surface area (Å²) >= 11 is 3.26. The van der Waals surface area contributed by atoms with E-state index in [0.717, 1.165) is 4.47 Å². The Balaban J connectivity index is 1.76. The van der Waals surface area contributed by atoms with Crippen LogP contribution in [0, 0.1) is 0 Å². The standard InChI is InChI=1S/C16H11BrN4O4/c17-10-3-1-2-8(6-10)13(22)20-21-14(23)9-4-5-11-12(7-9)19-16(25)15(24)18-11/h1-7H,(H,18,24)(H,19,25)(H,20,22)(H,21,23). The predicted octanol–water partition coefficient (Wildman–Crippen LogP) is 1.05. The number of H-pyrrole nitrogens is 2. The maximum absolute atomic E-state index is 12.1. The Kier molecular flexibility index (Phi) is 4.48. The van der Waals surface area contributed by atoms with Crippen molar-refractivity contribution in [2.45, 2.75) is 0 Å². The average molecular weight is 403 g/mol. The van der Waals surface area contributed by atoms with Crippen molar-refractivity contribution in [3.63, 3.8) is 0 Å². The molecule has 0 spiro atoms. The molecule has 3 aromatic rings. The summed E-state index contributed by atoms with van der Waals surface area (Å²) < 4.78 is 0.735. The summed E-state index contributed by atoms with van der Waals surface area (Å²) in [5.74, 6) is -1.05. The van der Waals surface area contributed by atoms with Gasteiger partial charge in [-0.05, 0) is 36.4 Å². The van der Waals surface area contributed by atoms with Gasteiger partial charge in [0.1, 0.15) is 0 Å². The summed E-state index contributed by atoms with van der Waals surface area (Å²) in [5, 5.41) is 0. The molecule has 2 amide bonds. The number of carbonyl (C=O) groups excluding carboxylic acids is 2. The zero-order valence-corrected chi connectivity index (χ0v) is 14.1. The van der Waals surface area contributed by atoms with Crippen LogP contribution in [0.25, 0.3) is 11.0 Å². The molecule has 0 saturated heterocycles. The number of hydrogen-bond acceptors (Lipinski definition) is 4. The third-order valence-corrected chi connectivity index (χ3v) is 3.85. The number of halogens is 1. The van der Waals surface area contributed by atoms with Crippen molar-refractivity contribution in [3.05, 3.63) is 78.8 Å². The van der Waals surface area contributed by atoms with Crippen molar-refractivity contribution in [1.82, 2.24) is 20.8 Å². The monoisotopic (exact) mass is 402 g/mol. The molecule has 8 nitrogen and oxygen atoms in total. The Labute approximate surface area is 148 Å². The van der Waals surface area contributed by atoms with E-state index in [4.69, 9.17) is 0 Å². The first kappa shape index (κ1) is 16.7. The number of nitrogens with one attached hydrogen (secondary N) is 4. The van der Waals surface area contributed by atoms with Crippen molar-refractivity contribution in [1.29, 1.82) is 0 Å². The van der Waals surface area contributed by atoms with Crippen LogP contribution < -0.4 is 22.0 Å². The maximum atomic E-state index is 12.1. The van der Waals surface area contributed by atoms with Crippen molar-refractivity contribution < 1.29 is 9.59 Å². The molecular weight excluding hydrogens is 392 g/mol. The molecule has 0 radical (unpaired) electrons. The number of amides is 2. The fraction of sp³-hybridized carbons (Fsp3) is 0. The number of aromatic nitrogens is 2. The second kappa shape index (κ2) is 6.73. The van der Waals surface area contributed by atoms with Gasteiger partial charge in [0.05, 0.1) is 11.0 Å². The fourth-order valence-electron chi connectivity index (χ4n) is 2.14. The molecule has 9 heteroatoms. The van der Waals surface area contributed by atoms with Gasteiger partial charge in [-0.2, -0.15) is 0 Å². The topological polar surface area (TPSA) is 124 Å². The van der Waals surface area contributed by atoms with E-state index in [1.54, 1.807) is 24.3 Å². The van der Waals surface area contributed by atoms with Gasteiger partial charge in [0.15, 0.2) is 0 Å². The van der Waals surface area contributed by atoms with Crippen LogP contribution in [-0.4, -0.2) is 21.8 Å². The van der Waals surface area contributed by atoms with Crippen LogP contribution in [0.1, 0.15) is 20.7 Å². The molecule has 25 heavy (non-hydrogen) atoms. The fourth-order valence-corrected chi connectivity index (χ4v) is 2.54. The van der Waals surface area contributed by atoms with E-state index in [1.807, 2.05) is 0 Å². The van der Waals surface area contributed by atoms with Crippen LogP contribution in [-0.2, 0) is 0 Å². The molecule has 1 aromatic heterocycles. The Hall–Kier alpha value is -3.20. The van der Waals surface area contributed by atoms with E-state index in [0.29, 0.717) is 16.6 Å². The number of carbonyl (C=O) groups is 2. The van der Waals surface area contributed by atoms with Crippen LogP contribution in [0.3, 0.4) is 0 Å². The highest BCUT2D eigenvalue weighted by Crippen LogP contribution is 2.11. The van der Waals surface area contributed by atoms with Crippen LogP contribution in [0.2, 0.25) is 0 Å². The van der Waals surface area contributed by atoms with E-state index in [2.05, 4.69) is 36.7 Å². The van der Waals surface area contributed by atoms with Crippen LogP contribution in [0.15, 0.2) is 56.5 Å². The van der Waals surface area contributed by atoms with Gasteiger partial charge in [0, 0.05) is 15.6 Å². The Bertz CT molecular complexity index is 1100. The molecule has 0 saturated carbocycles. The van der Waals surface area contributed by atoms with E-state index < -0.39 is 22.9 Å². The first-order valence-corrected chi connectivity index (χ1v) is 7.86. The lowest BCUT2D eigenvalue weighted by molar-refractivity contribution is 0.0846. The predicted molar refractivity (Wildman–Crippen MR) is 94.3 cm³/mol. The lowest BCUT2D eigenvalue weighted by Crippen LogP contribution is -2.41. The normalized spacial score (nSPS) is 10.4. The SMILES string of the molecule is O=C(NNC(=O)c1ccc2[nH]c(=O)c(=O)[nH]c2c1)c1cccc(Br)c1. The van der Waals surface area contributed by atoms with Gasteiger partial charge >= 0.3 is 11.1 Å². The number of fused-ring (bicyclic) bond motifs is 1. The number of hydrazine groups is 1. The van der Waals surface area contributed by atoms with Crippen molar-refractivity contribution in [2.24, 2.45) is 0 Å². The molecule has 0 aliphatic rings. The van der Waals surface area contributed by atoms with Gasteiger partial charge in [-0.15, -0.1) is 0 Å². The summed E-state index contributed by atoms with van der Waals surface area (Å²) in [6.45, 7) is 0. The van der Waals surface area contributed by atoms with E-state index in [9.17, 15) is 19.2 Å². The molecule has 0 aliphatic heterocycles. The minimum absolute atomic E-state index is 0.199. The lowest BCUT2D eigenvalue weighted by Gasteiger charge is -2.08. The lowest BCUT2D eigenvalue weighted by atomic mass is 10.2. The molecule has 0 aliphatic carbocycles. The molecule has 3 rings (SSSR count). The number of rotatable bonds is 2. The smallest absolute Gasteiger partial charge is 0.314 e. The first-order valence-electron chi connectivity index (χ1n) is 7.06. The van der Waals surface area contributed by atoms with Gasteiger partial charge < -0.3 is 9.97 Å². The Morgan fingerprint density at radius 1 is 0.800 bits per heavy atom. The van der Waals surface area contributed by atoms with Gasteiger partial charge in [-0.1, -0.05) is 22.0 Å². The van der Waals surface area contributed by atoms with Crippen molar-refractivity contribution in [3.8, 4) is 0 Å². The highest BCUT2D eigenvalue weighted by atomic mass is 79.9. The van der Waals surface area contributed by atoms with Crippen LogP contribution in [0.4, 0.5) is 0 Å². The summed E-state index contributed by atoms with van der Waals surface area (Å²) in [5.41, 5.74) is 4.27. The quantitative estimate of drug-likeness (QED) is 0.377. The summed E-state index contributed by atoms with van der Waals surface area (Å²) in [4.78, 5) is 51.5. The number of aromatic amines is 2. The molecule has 0 atom stereocenters. The zero-order chi connectivity index (χ0) is 18.0. The van der Waals surface area contributed by atoms with E-state index >= 15 is 0 Å². The molecule has 0 unspecified atom stereocenters. The number of benzene rings is 2. The zero-order valence-electron chi connectivity index (χ0n) is 12.6. The van der Waals surface area contributed by atoms with Gasteiger partial charge in [-0.3, -0.25) is 30.0 Å².